The molecule has 8 nitrogen and oxygen atoms in total. The van der Waals surface area contributed by atoms with Crippen molar-refractivity contribution in [3.8, 4) is 11.5 Å². The molecule has 2 bridgehead atoms. The first-order valence-corrected chi connectivity index (χ1v) is 18.6. The number of nitrogens with one attached hydrogen (secondary N) is 1. The van der Waals surface area contributed by atoms with Crippen molar-refractivity contribution in [1.82, 2.24) is 5.32 Å². The molecular formula is C41H57N2O6+. The number of ether oxygens (including phenoxy) is 2. The number of rotatable bonds is 17. The SMILES string of the molecule is CC[C@@H](NC[C@H](O)c1ccc(O)c(CO)c1)c1ccc(OCCC[N+]23CCC(CC2)[C@@H](OCC(O)(c2ccccc2)C2CCCC2)C3)cc1. The maximum Gasteiger partial charge on any atom is 0.121 e. The van der Waals surface area contributed by atoms with Crippen molar-refractivity contribution >= 4 is 0 Å². The highest BCUT2D eigenvalue weighted by Gasteiger charge is 2.48. The number of aromatic hydroxyl groups is 1. The molecule has 3 aromatic rings. The molecule has 7 rings (SSSR count). The molecular weight excluding hydrogens is 616 g/mol. The van der Waals surface area contributed by atoms with Gasteiger partial charge in [0.2, 0.25) is 0 Å². The Labute approximate surface area is 292 Å². The standard InChI is InChI=1S/C41H56N2O6/c1-2-37(42-26-39(46)32-15-18-38(45)33(25-32)28-44)30-13-16-36(17-14-30)48-24-8-21-43-22-19-31(20-23-43)40(27-43)49-29-41(47,35-11-6-7-12-35)34-9-4-3-5-10-34/h3-5,9-10,13-18,25,31,35,37,39-40,42,44,46-47H,2,6-8,11-12,19-24,26-29H2,1H3/p+1/t31?,37-,39+,40+,41?,43?/m1/s1. The van der Waals surface area contributed by atoms with Crippen molar-refractivity contribution < 1.29 is 34.4 Å². The highest BCUT2D eigenvalue weighted by Crippen LogP contribution is 2.43. The summed E-state index contributed by atoms with van der Waals surface area (Å²) in [7, 11) is 0. The number of hydrogen-bond acceptors (Lipinski definition) is 7. The number of nitrogens with zero attached hydrogens (tertiary/aromatic N) is 1. The van der Waals surface area contributed by atoms with Crippen LogP contribution in [0.2, 0.25) is 0 Å². The summed E-state index contributed by atoms with van der Waals surface area (Å²) in [6.45, 7) is 7.79. The molecule has 0 radical (unpaired) electrons. The fraction of sp³-hybridized carbons (Fsp3) is 0.561. The number of quaternary nitrogens is 1. The van der Waals surface area contributed by atoms with E-state index >= 15 is 0 Å². The summed E-state index contributed by atoms with van der Waals surface area (Å²) in [4.78, 5) is 0. The molecule has 4 atom stereocenters. The van der Waals surface area contributed by atoms with Gasteiger partial charge in [-0.05, 0) is 66.1 Å². The molecule has 1 unspecified atom stereocenters. The summed E-state index contributed by atoms with van der Waals surface area (Å²) in [5, 5.41) is 45.5. The fourth-order valence-electron chi connectivity index (χ4n) is 8.72. The van der Waals surface area contributed by atoms with E-state index in [0.717, 1.165) is 60.1 Å². The lowest BCUT2D eigenvalue weighted by Crippen LogP contribution is -2.65. The Kier molecular flexibility index (Phi) is 12.0. The predicted octanol–water partition coefficient (Wildman–Crippen LogP) is 6.13. The Bertz CT molecular complexity index is 1450. The second-order valence-electron chi connectivity index (χ2n) is 14.9. The van der Waals surface area contributed by atoms with E-state index in [2.05, 4.69) is 36.5 Å². The Hall–Kier alpha value is -2.98. The first kappa shape index (κ1) is 35.8. The summed E-state index contributed by atoms with van der Waals surface area (Å²) in [6.07, 6.45) is 8.22. The van der Waals surface area contributed by atoms with Gasteiger partial charge in [0.25, 0.3) is 0 Å². The predicted molar refractivity (Wildman–Crippen MR) is 191 cm³/mol. The maximum absolute atomic E-state index is 12.0. The second-order valence-corrected chi connectivity index (χ2v) is 14.9. The third-order valence-corrected chi connectivity index (χ3v) is 11.8. The summed E-state index contributed by atoms with van der Waals surface area (Å²) in [5.41, 5.74) is 2.29. The van der Waals surface area contributed by atoms with Gasteiger partial charge in [0.05, 0.1) is 45.6 Å². The summed E-state index contributed by atoms with van der Waals surface area (Å²) in [6, 6.07) is 23.4. The van der Waals surface area contributed by atoms with Gasteiger partial charge in [-0.1, -0.05) is 68.3 Å². The van der Waals surface area contributed by atoms with Gasteiger partial charge in [-0.15, -0.1) is 0 Å². The molecule has 3 saturated heterocycles. The number of fused-ring (bicyclic) bond motifs is 3. The van der Waals surface area contributed by atoms with E-state index in [-0.39, 0.29) is 30.4 Å². The van der Waals surface area contributed by atoms with Crippen LogP contribution in [0.4, 0.5) is 0 Å². The highest BCUT2D eigenvalue weighted by molar-refractivity contribution is 5.36. The molecule has 3 aromatic carbocycles. The van der Waals surface area contributed by atoms with Gasteiger partial charge in [0, 0.05) is 43.3 Å². The van der Waals surface area contributed by atoms with E-state index in [4.69, 9.17) is 9.47 Å². The Morgan fingerprint density at radius 3 is 2.35 bits per heavy atom. The molecule has 3 heterocycles. The third kappa shape index (κ3) is 8.50. The largest absolute Gasteiger partial charge is 0.508 e. The van der Waals surface area contributed by atoms with Crippen molar-refractivity contribution in [2.45, 2.75) is 88.7 Å². The highest BCUT2D eigenvalue weighted by atomic mass is 16.5. The van der Waals surface area contributed by atoms with Gasteiger partial charge in [-0.25, -0.2) is 0 Å². The van der Waals surface area contributed by atoms with Crippen LogP contribution in [-0.2, 0) is 16.9 Å². The van der Waals surface area contributed by atoms with Crippen LogP contribution in [-0.4, -0.2) is 77.0 Å². The smallest absolute Gasteiger partial charge is 0.121 e. The van der Waals surface area contributed by atoms with Crippen molar-refractivity contribution in [3.63, 3.8) is 0 Å². The van der Waals surface area contributed by atoms with Crippen molar-refractivity contribution in [1.29, 1.82) is 0 Å². The van der Waals surface area contributed by atoms with E-state index in [1.165, 1.54) is 44.8 Å². The lowest BCUT2D eigenvalue weighted by Gasteiger charge is -2.53. The first-order valence-electron chi connectivity index (χ1n) is 18.6. The molecule has 4 fully saturated rings. The van der Waals surface area contributed by atoms with Gasteiger partial charge < -0.3 is 39.7 Å². The van der Waals surface area contributed by atoms with Crippen LogP contribution in [0, 0.1) is 11.8 Å². The van der Waals surface area contributed by atoms with Gasteiger partial charge in [0.15, 0.2) is 0 Å². The number of phenols is 1. The molecule has 3 aliphatic heterocycles. The topological polar surface area (TPSA) is 111 Å². The van der Waals surface area contributed by atoms with Crippen LogP contribution in [0.25, 0.3) is 0 Å². The molecule has 266 valence electrons. The minimum atomic E-state index is -0.911. The average Bonchev–Trinajstić information content (AvgIpc) is 3.70. The van der Waals surface area contributed by atoms with Crippen LogP contribution in [0.15, 0.2) is 72.8 Å². The summed E-state index contributed by atoms with van der Waals surface area (Å²) < 4.78 is 14.0. The number of benzene rings is 3. The first-order chi connectivity index (χ1) is 23.8. The number of aliphatic hydroxyl groups is 3. The van der Waals surface area contributed by atoms with E-state index in [9.17, 15) is 20.4 Å². The number of piperidine rings is 3. The summed E-state index contributed by atoms with van der Waals surface area (Å²) >= 11 is 0. The molecule has 5 N–H and O–H groups in total. The number of hydrogen-bond donors (Lipinski definition) is 5. The zero-order valence-corrected chi connectivity index (χ0v) is 29.2. The molecule has 1 aliphatic carbocycles. The van der Waals surface area contributed by atoms with Crippen LogP contribution >= 0.6 is 0 Å². The lowest BCUT2D eigenvalue weighted by atomic mass is 9.80. The zero-order valence-electron chi connectivity index (χ0n) is 29.2. The number of aliphatic hydroxyl groups excluding tert-OH is 2. The molecule has 0 amide bonds. The monoisotopic (exact) mass is 673 g/mol. The van der Waals surface area contributed by atoms with E-state index in [1.54, 1.807) is 12.1 Å². The van der Waals surface area contributed by atoms with Crippen LogP contribution < -0.4 is 10.1 Å². The van der Waals surface area contributed by atoms with Crippen molar-refractivity contribution in [2.24, 2.45) is 11.8 Å². The van der Waals surface area contributed by atoms with Gasteiger partial charge >= 0.3 is 0 Å². The van der Waals surface area contributed by atoms with Gasteiger partial charge in [-0.3, -0.25) is 0 Å². The van der Waals surface area contributed by atoms with Crippen molar-refractivity contribution in [3.05, 3.63) is 95.1 Å². The third-order valence-electron chi connectivity index (χ3n) is 11.8. The molecule has 0 aromatic heterocycles. The molecule has 49 heavy (non-hydrogen) atoms. The van der Waals surface area contributed by atoms with Crippen molar-refractivity contribution in [2.75, 3.05) is 45.9 Å². The van der Waals surface area contributed by atoms with Crippen LogP contribution in [0.1, 0.15) is 92.7 Å². The van der Waals surface area contributed by atoms with Crippen LogP contribution in [0.3, 0.4) is 0 Å². The van der Waals surface area contributed by atoms with E-state index in [0.29, 0.717) is 36.8 Å². The second kappa shape index (κ2) is 16.4. The van der Waals surface area contributed by atoms with E-state index < -0.39 is 11.7 Å². The normalized spacial score (nSPS) is 24.8. The molecule has 4 aliphatic rings. The van der Waals surface area contributed by atoms with Gasteiger partial charge in [0.1, 0.15) is 29.7 Å². The molecule has 1 saturated carbocycles. The fourth-order valence-corrected chi connectivity index (χ4v) is 8.72. The van der Waals surface area contributed by atoms with Crippen LogP contribution in [0.5, 0.6) is 11.5 Å². The molecule has 0 spiro atoms. The minimum absolute atomic E-state index is 0.0296. The quantitative estimate of drug-likeness (QED) is 0.0866. The van der Waals surface area contributed by atoms with Gasteiger partial charge in [-0.2, -0.15) is 0 Å². The Morgan fingerprint density at radius 1 is 0.939 bits per heavy atom. The Balaban J connectivity index is 0.964. The molecule has 8 heteroatoms. The summed E-state index contributed by atoms with van der Waals surface area (Å²) in [5.74, 6) is 1.75. The van der Waals surface area contributed by atoms with E-state index in [1.807, 2.05) is 30.3 Å². The minimum Gasteiger partial charge on any atom is -0.508 e. The zero-order chi connectivity index (χ0) is 34.3. The lowest BCUT2D eigenvalue weighted by molar-refractivity contribution is -0.946. The average molecular weight is 674 g/mol. The Morgan fingerprint density at radius 2 is 1.65 bits per heavy atom. The maximum atomic E-state index is 12.0.